The maximum absolute atomic E-state index is 11.5. The molecule has 74 valence electrons. The molecular formula is C11H12INO. The summed E-state index contributed by atoms with van der Waals surface area (Å²) in [4.78, 5) is 11.5. The minimum absolute atomic E-state index is 0.0529. The summed E-state index contributed by atoms with van der Waals surface area (Å²) in [7, 11) is 0. The summed E-state index contributed by atoms with van der Waals surface area (Å²) in [5.74, 6) is -0.0529. The number of rotatable bonds is 3. The molecular weight excluding hydrogens is 289 g/mol. The van der Waals surface area contributed by atoms with Crippen LogP contribution in [0.25, 0.3) is 0 Å². The zero-order valence-corrected chi connectivity index (χ0v) is 10.2. The van der Waals surface area contributed by atoms with Gasteiger partial charge in [-0.3, -0.25) is 4.79 Å². The first-order chi connectivity index (χ1) is 6.65. The Labute approximate surface area is 97.5 Å². The molecule has 0 fully saturated rings. The summed E-state index contributed by atoms with van der Waals surface area (Å²) in [6.07, 6.45) is 1.66. The first-order valence-electron chi connectivity index (χ1n) is 4.30. The Balaban J connectivity index is 2.80. The van der Waals surface area contributed by atoms with Crippen molar-refractivity contribution in [2.45, 2.75) is 6.92 Å². The van der Waals surface area contributed by atoms with Gasteiger partial charge in [0.15, 0.2) is 0 Å². The van der Waals surface area contributed by atoms with Gasteiger partial charge in [-0.05, 0) is 47.2 Å². The zero-order valence-electron chi connectivity index (χ0n) is 8.01. The van der Waals surface area contributed by atoms with Crippen LogP contribution in [0.5, 0.6) is 0 Å². The number of carbonyl (C=O) groups is 1. The molecule has 0 aromatic heterocycles. The molecule has 0 heterocycles. The summed E-state index contributed by atoms with van der Waals surface area (Å²) < 4.78 is 1.11. The van der Waals surface area contributed by atoms with Crippen molar-refractivity contribution in [3.05, 3.63) is 45.6 Å². The molecule has 3 heteroatoms. The second-order valence-corrected chi connectivity index (χ2v) is 4.12. The molecule has 0 aliphatic carbocycles. The van der Waals surface area contributed by atoms with Crippen molar-refractivity contribution in [1.29, 1.82) is 0 Å². The van der Waals surface area contributed by atoms with Crippen molar-refractivity contribution in [2.75, 3.05) is 6.54 Å². The fourth-order valence-corrected chi connectivity index (χ4v) is 1.52. The molecule has 0 aliphatic rings. The normalized spacial score (nSPS) is 9.57. The minimum Gasteiger partial charge on any atom is -0.349 e. The van der Waals surface area contributed by atoms with Gasteiger partial charge >= 0.3 is 0 Å². The number of carbonyl (C=O) groups excluding carboxylic acids is 1. The summed E-state index contributed by atoms with van der Waals surface area (Å²) in [6, 6.07) is 5.66. The van der Waals surface area contributed by atoms with E-state index in [-0.39, 0.29) is 5.91 Å². The SMILES string of the molecule is C=CCNC(=O)c1ccc(C)c(I)c1. The highest BCUT2D eigenvalue weighted by molar-refractivity contribution is 14.1. The Kier molecular flexibility index (Phi) is 4.13. The standard InChI is InChI=1S/C11H12INO/c1-3-6-13-11(14)9-5-4-8(2)10(12)7-9/h3-5,7H,1,6H2,2H3,(H,13,14). The highest BCUT2D eigenvalue weighted by Crippen LogP contribution is 2.13. The van der Waals surface area contributed by atoms with Gasteiger partial charge in [0.05, 0.1) is 0 Å². The van der Waals surface area contributed by atoms with E-state index in [1.807, 2.05) is 25.1 Å². The highest BCUT2D eigenvalue weighted by Gasteiger charge is 2.04. The molecule has 14 heavy (non-hydrogen) atoms. The van der Waals surface area contributed by atoms with E-state index < -0.39 is 0 Å². The average molecular weight is 301 g/mol. The van der Waals surface area contributed by atoms with Gasteiger partial charge in [0.2, 0.25) is 0 Å². The lowest BCUT2D eigenvalue weighted by Gasteiger charge is -2.04. The van der Waals surface area contributed by atoms with Gasteiger partial charge in [-0.2, -0.15) is 0 Å². The first-order valence-corrected chi connectivity index (χ1v) is 5.38. The smallest absolute Gasteiger partial charge is 0.251 e. The van der Waals surface area contributed by atoms with E-state index in [1.165, 1.54) is 5.56 Å². The number of nitrogens with one attached hydrogen (secondary N) is 1. The number of benzene rings is 1. The van der Waals surface area contributed by atoms with Crippen LogP contribution in [-0.2, 0) is 0 Å². The first kappa shape index (κ1) is 11.2. The lowest BCUT2D eigenvalue weighted by molar-refractivity contribution is 0.0958. The summed E-state index contributed by atoms with van der Waals surface area (Å²) >= 11 is 2.22. The molecule has 0 spiro atoms. The third-order valence-corrected chi connectivity index (χ3v) is 3.00. The molecule has 0 saturated heterocycles. The van der Waals surface area contributed by atoms with Crippen LogP contribution in [0.15, 0.2) is 30.9 Å². The number of halogens is 1. The van der Waals surface area contributed by atoms with Gasteiger partial charge in [-0.1, -0.05) is 12.1 Å². The Morgan fingerprint density at radius 1 is 1.64 bits per heavy atom. The van der Waals surface area contributed by atoms with Crippen molar-refractivity contribution >= 4 is 28.5 Å². The number of hydrogen-bond donors (Lipinski definition) is 1. The maximum atomic E-state index is 11.5. The largest absolute Gasteiger partial charge is 0.349 e. The fourth-order valence-electron chi connectivity index (χ4n) is 1.00. The number of amides is 1. The van der Waals surface area contributed by atoms with Crippen molar-refractivity contribution < 1.29 is 4.79 Å². The second kappa shape index (κ2) is 5.14. The molecule has 1 aromatic rings. The van der Waals surface area contributed by atoms with Gasteiger partial charge < -0.3 is 5.32 Å². The minimum atomic E-state index is -0.0529. The lowest BCUT2D eigenvalue weighted by Crippen LogP contribution is -2.23. The molecule has 1 amide bonds. The van der Waals surface area contributed by atoms with Crippen molar-refractivity contribution in [2.24, 2.45) is 0 Å². The Morgan fingerprint density at radius 2 is 2.36 bits per heavy atom. The third-order valence-electron chi connectivity index (χ3n) is 1.84. The third kappa shape index (κ3) is 2.83. The molecule has 0 bridgehead atoms. The number of aryl methyl sites for hydroxylation is 1. The van der Waals surface area contributed by atoms with Crippen LogP contribution >= 0.6 is 22.6 Å². The van der Waals surface area contributed by atoms with Crippen LogP contribution in [0.3, 0.4) is 0 Å². The van der Waals surface area contributed by atoms with Crippen molar-refractivity contribution in [3.8, 4) is 0 Å². The van der Waals surface area contributed by atoms with Gasteiger partial charge in [0.25, 0.3) is 5.91 Å². The maximum Gasteiger partial charge on any atom is 0.251 e. The summed E-state index contributed by atoms with van der Waals surface area (Å²) in [6.45, 7) is 6.07. The molecule has 0 aliphatic heterocycles. The van der Waals surface area contributed by atoms with Crippen LogP contribution in [0, 0.1) is 10.5 Å². The molecule has 0 radical (unpaired) electrons. The molecule has 2 nitrogen and oxygen atoms in total. The van der Waals surface area contributed by atoms with E-state index in [2.05, 4.69) is 34.5 Å². The monoisotopic (exact) mass is 301 g/mol. The fraction of sp³-hybridized carbons (Fsp3) is 0.182. The van der Waals surface area contributed by atoms with Gasteiger partial charge in [0.1, 0.15) is 0 Å². The molecule has 1 rings (SSSR count). The average Bonchev–Trinajstić information content (AvgIpc) is 2.18. The molecule has 0 unspecified atom stereocenters. The number of hydrogen-bond acceptors (Lipinski definition) is 1. The van der Waals surface area contributed by atoms with Gasteiger partial charge in [-0.15, -0.1) is 6.58 Å². The van der Waals surface area contributed by atoms with E-state index in [9.17, 15) is 4.79 Å². The van der Waals surface area contributed by atoms with E-state index in [0.29, 0.717) is 12.1 Å². The summed E-state index contributed by atoms with van der Waals surface area (Å²) in [5, 5.41) is 2.73. The van der Waals surface area contributed by atoms with Crippen LogP contribution < -0.4 is 5.32 Å². The molecule has 1 N–H and O–H groups in total. The molecule has 0 atom stereocenters. The van der Waals surface area contributed by atoms with E-state index >= 15 is 0 Å². The van der Waals surface area contributed by atoms with Crippen LogP contribution in [0.1, 0.15) is 15.9 Å². The Morgan fingerprint density at radius 3 is 2.93 bits per heavy atom. The van der Waals surface area contributed by atoms with Crippen LogP contribution in [-0.4, -0.2) is 12.5 Å². The predicted molar refractivity (Wildman–Crippen MR) is 66.4 cm³/mol. The topological polar surface area (TPSA) is 29.1 Å². The van der Waals surface area contributed by atoms with Crippen molar-refractivity contribution in [1.82, 2.24) is 5.32 Å². The Hall–Kier alpha value is -0.840. The second-order valence-electron chi connectivity index (χ2n) is 2.96. The van der Waals surface area contributed by atoms with Crippen LogP contribution in [0.2, 0.25) is 0 Å². The van der Waals surface area contributed by atoms with Gasteiger partial charge in [0, 0.05) is 15.7 Å². The van der Waals surface area contributed by atoms with E-state index in [4.69, 9.17) is 0 Å². The van der Waals surface area contributed by atoms with Gasteiger partial charge in [-0.25, -0.2) is 0 Å². The zero-order chi connectivity index (χ0) is 10.6. The lowest BCUT2D eigenvalue weighted by atomic mass is 10.1. The highest BCUT2D eigenvalue weighted by atomic mass is 127. The summed E-state index contributed by atoms with van der Waals surface area (Å²) in [5.41, 5.74) is 1.88. The van der Waals surface area contributed by atoms with E-state index in [0.717, 1.165) is 3.57 Å². The Bertz CT molecular complexity index is 360. The quantitative estimate of drug-likeness (QED) is 0.674. The molecule has 0 saturated carbocycles. The predicted octanol–water partition coefficient (Wildman–Crippen LogP) is 2.52. The molecule has 1 aromatic carbocycles. The van der Waals surface area contributed by atoms with Crippen LogP contribution in [0.4, 0.5) is 0 Å². The van der Waals surface area contributed by atoms with E-state index in [1.54, 1.807) is 6.08 Å². The van der Waals surface area contributed by atoms with Crippen molar-refractivity contribution in [3.63, 3.8) is 0 Å².